The summed E-state index contributed by atoms with van der Waals surface area (Å²) in [5, 5.41) is 0. The fraction of sp³-hybridized carbons (Fsp3) is 0.600. The second kappa shape index (κ2) is 6.14. The van der Waals surface area contributed by atoms with E-state index in [4.69, 9.17) is 5.73 Å². The Labute approximate surface area is 117 Å². The van der Waals surface area contributed by atoms with Gasteiger partial charge in [-0.15, -0.1) is 0 Å². The second-order valence-electron chi connectivity index (χ2n) is 5.95. The Hall–Kier alpha value is -1.07. The molecule has 3 unspecified atom stereocenters. The Balaban J connectivity index is 2.28. The lowest BCUT2D eigenvalue weighted by Crippen LogP contribution is -2.43. The number of likely N-dealkylation sites (tertiary alicyclic amines) is 1. The molecule has 0 aromatic heterocycles. The van der Waals surface area contributed by atoms with Gasteiger partial charge < -0.3 is 5.73 Å². The van der Waals surface area contributed by atoms with Crippen LogP contribution in [0.4, 0.5) is 13.2 Å². The summed E-state index contributed by atoms with van der Waals surface area (Å²) in [6.45, 7) is 6.24. The first-order valence-corrected chi connectivity index (χ1v) is 7.01. The molecule has 0 saturated carbocycles. The van der Waals surface area contributed by atoms with Crippen molar-refractivity contribution in [3.05, 3.63) is 35.1 Å². The third-order valence-corrected chi connectivity index (χ3v) is 3.95. The Morgan fingerprint density at radius 1 is 1.15 bits per heavy atom. The molecule has 1 heterocycles. The first kappa shape index (κ1) is 15.3. The van der Waals surface area contributed by atoms with Gasteiger partial charge in [0.05, 0.1) is 0 Å². The van der Waals surface area contributed by atoms with Gasteiger partial charge in [0.1, 0.15) is 0 Å². The van der Waals surface area contributed by atoms with Crippen LogP contribution < -0.4 is 5.73 Å². The first-order valence-electron chi connectivity index (χ1n) is 7.01. The minimum Gasteiger partial charge on any atom is -0.329 e. The summed E-state index contributed by atoms with van der Waals surface area (Å²) in [5.74, 6) is -2.70. The molecule has 1 aromatic carbocycles. The summed E-state index contributed by atoms with van der Waals surface area (Å²) in [4.78, 5) is 2.14. The van der Waals surface area contributed by atoms with Crippen LogP contribution in [0.25, 0.3) is 0 Å². The van der Waals surface area contributed by atoms with E-state index in [-0.39, 0.29) is 12.6 Å². The van der Waals surface area contributed by atoms with E-state index >= 15 is 0 Å². The summed E-state index contributed by atoms with van der Waals surface area (Å²) < 4.78 is 39.8. The number of piperidine rings is 1. The molecule has 20 heavy (non-hydrogen) atoms. The van der Waals surface area contributed by atoms with E-state index in [1.54, 1.807) is 0 Å². The van der Waals surface area contributed by atoms with Gasteiger partial charge in [-0.2, -0.15) is 0 Å². The van der Waals surface area contributed by atoms with E-state index in [9.17, 15) is 13.2 Å². The Kier molecular flexibility index (Phi) is 4.70. The Morgan fingerprint density at radius 3 is 2.10 bits per heavy atom. The molecule has 0 radical (unpaired) electrons. The van der Waals surface area contributed by atoms with E-state index in [0.717, 1.165) is 31.6 Å². The van der Waals surface area contributed by atoms with Crippen LogP contribution in [0.1, 0.15) is 31.9 Å². The van der Waals surface area contributed by atoms with Crippen LogP contribution in [0.5, 0.6) is 0 Å². The zero-order valence-corrected chi connectivity index (χ0v) is 11.9. The van der Waals surface area contributed by atoms with Crippen LogP contribution in [-0.4, -0.2) is 24.5 Å². The fourth-order valence-electron chi connectivity index (χ4n) is 3.23. The van der Waals surface area contributed by atoms with Crippen molar-refractivity contribution in [1.29, 1.82) is 0 Å². The maximum Gasteiger partial charge on any atom is 0.194 e. The van der Waals surface area contributed by atoms with Gasteiger partial charge in [-0.25, -0.2) is 13.2 Å². The summed E-state index contributed by atoms with van der Waals surface area (Å²) in [6.07, 6.45) is 1.14. The molecule has 0 spiro atoms. The van der Waals surface area contributed by atoms with Crippen molar-refractivity contribution in [1.82, 2.24) is 4.90 Å². The van der Waals surface area contributed by atoms with Crippen molar-refractivity contribution < 1.29 is 13.2 Å². The van der Waals surface area contributed by atoms with Crippen LogP contribution in [0, 0.1) is 29.3 Å². The summed E-state index contributed by atoms with van der Waals surface area (Å²) in [5.41, 5.74) is 6.19. The fourth-order valence-corrected chi connectivity index (χ4v) is 3.23. The van der Waals surface area contributed by atoms with Gasteiger partial charge >= 0.3 is 0 Å². The molecule has 2 N–H and O–H groups in total. The highest BCUT2D eigenvalue weighted by Gasteiger charge is 2.28. The standard InChI is InChI=1S/C15H21F3N2/c1-9-3-10(2)8-20(7-9)14(6-19)11-4-12(16)15(18)13(17)5-11/h4-5,9-10,14H,3,6-8,19H2,1-2H3. The lowest BCUT2D eigenvalue weighted by atomic mass is 9.89. The Bertz CT molecular complexity index is 445. The van der Waals surface area contributed by atoms with E-state index in [2.05, 4.69) is 18.7 Å². The van der Waals surface area contributed by atoms with Gasteiger partial charge in [0.25, 0.3) is 0 Å². The molecular weight excluding hydrogens is 265 g/mol. The zero-order valence-electron chi connectivity index (χ0n) is 11.9. The molecule has 3 atom stereocenters. The number of rotatable bonds is 3. The third-order valence-electron chi connectivity index (χ3n) is 3.95. The summed E-state index contributed by atoms with van der Waals surface area (Å²) in [7, 11) is 0. The molecule has 1 aromatic rings. The van der Waals surface area contributed by atoms with Gasteiger partial charge in [0, 0.05) is 25.7 Å². The molecule has 1 aliphatic heterocycles. The number of hydrogen-bond acceptors (Lipinski definition) is 2. The van der Waals surface area contributed by atoms with E-state index < -0.39 is 17.5 Å². The van der Waals surface area contributed by atoms with Crippen LogP contribution in [-0.2, 0) is 0 Å². The molecule has 112 valence electrons. The zero-order chi connectivity index (χ0) is 14.9. The highest BCUT2D eigenvalue weighted by atomic mass is 19.2. The Morgan fingerprint density at radius 2 is 1.65 bits per heavy atom. The predicted octanol–water partition coefficient (Wildman–Crippen LogP) is 3.08. The largest absolute Gasteiger partial charge is 0.329 e. The van der Waals surface area contributed by atoms with Crippen molar-refractivity contribution in [2.24, 2.45) is 17.6 Å². The SMILES string of the molecule is CC1CC(C)CN(C(CN)c2cc(F)c(F)c(F)c2)C1. The maximum absolute atomic E-state index is 13.4. The number of halogens is 3. The van der Waals surface area contributed by atoms with Crippen molar-refractivity contribution in [2.45, 2.75) is 26.3 Å². The quantitative estimate of drug-likeness (QED) is 0.865. The third kappa shape index (κ3) is 3.15. The lowest BCUT2D eigenvalue weighted by molar-refractivity contribution is 0.0980. The normalized spacial score (nSPS) is 25.7. The van der Waals surface area contributed by atoms with Crippen molar-refractivity contribution in [3.8, 4) is 0 Å². The lowest BCUT2D eigenvalue weighted by Gasteiger charge is -2.40. The smallest absolute Gasteiger partial charge is 0.194 e. The molecule has 2 rings (SSSR count). The highest BCUT2D eigenvalue weighted by Crippen LogP contribution is 2.30. The van der Waals surface area contributed by atoms with Crippen molar-refractivity contribution in [3.63, 3.8) is 0 Å². The second-order valence-corrected chi connectivity index (χ2v) is 5.95. The van der Waals surface area contributed by atoms with Gasteiger partial charge in [0.15, 0.2) is 17.5 Å². The number of benzene rings is 1. The molecule has 0 aliphatic carbocycles. The van der Waals surface area contributed by atoms with Crippen molar-refractivity contribution in [2.75, 3.05) is 19.6 Å². The number of hydrogen-bond donors (Lipinski definition) is 1. The van der Waals surface area contributed by atoms with Crippen molar-refractivity contribution >= 4 is 0 Å². The maximum atomic E-state index is 13.4. The van der Waals surface area contributed by atoms with Gasteiger partial charge in [-0.05, 0) is 36.0 Å². The van der Waals surface area contributed by atoms with Crippen LogP contribution >= 0.6 is 0 Å². The molecule has 5 heteroatoms. The molecular formula is C15H21F3N2. The predicted molar refractivity (Wildman–Crippen MR) is 72.6 cm³/mol. The van der Waals surface area contributed by atoms with Crippen LogP contribution in [0.15, 0.2) is 12.1 Å². The molecule has 0 bridgehead atoms. The highest BCUT2D eigenvalue weighted by molar-refractivity contribution is 5.23. The van der Waals surface area contributed by atoms with Gasteiger partial charge in [0.2, 0.25) is 0 Å². The van der Waals surface area contributed by atoms with Crippen LogP contribution in [0.2, 0.25) is 0 Å². The van der Waals surface area contributed by atoms with E-state index in [0.29, 0.717) is 17.4 Å². The molecule has 1 saturated heterocycles. The molecule has 1 fully saturated rings. The minimum atomic E-state index is -1.43. The van der Waals surface area contributed by atoms with Gasteiger partial charge in [-0.1, -0.05) is 13.8 Å². The molecule has 0 amide bonds. The first-order chi connectivity index (χ1) is 9.42. The minimum absolute atomic E-state index is 0.254. The monoisotopic (exact) mass is 286 g/mol. The average molecular weight is 286 g/mol. The topological polar surface area (TPSA) is 29.3 Å². The van der Waals surface area contributed by atoms with Gasteiger partial charge in [-0.3, -0.25) is 4.90 Å². The molecule has 1 aliphatic rings. The van der Waals surface area contributed by atoms with E-state index in [1.165, 1.54) is 0 Å². The summed E-state index contributed by atoms with van der Waals surface area (Å²) >= 11 is 0. The number of nitrogens with zero attached hydrogens (tertiary/aromatic N) is 1. The average Bonchev–Trinajstić information content (AvgIpc) is 2.35. The van der Waals surface area contributed by atoms with Crippen LogP contribution in [0.3, 0.4) is 0 Å². The summed E-state index contributed by atoms with van der Waals surface area (Å²) in [6, 6.07) is 1.84. The molecule has 2 nitrogen and oxygen atoms in total. The number of nitrogens with two attached hydrogens (primary N) is 1. The van der Waals surface area contributed by atoms with E-state index in [1.807, 2.05) is 0 Å².